The van der Waals surface area contributed by atoms with Gasteiger partial charge in [0.15, 0.2) is 0 Å². The van der Waals surface area contributed by atoms with Gasteiger partial charge in [-0.15, -0.1) is 0 Å². The predicted molar refractivity (Wildman–Crippen MR) is 93.2 cm³/mol. The van der Waals surface area contributed by atoms with Gasteiger partial charge in [-0.3, -0.25) is 14.5 Å². The Hall–Kier alpha value is -2.56. The second-order valence-electron chi connectivity index (χ2n) is 6.42. The van der Waals surface area contributed by atoms with Crippen LogP contribution in [0.1, 0.15) is 23.6 Å². The number of hydrogen-bond acceptors (Lipinski definition) is 7. The minimum Gasteiger partial charge on any atom is -0.491 e. The SMILES string of the molecule is COC(=O)C1CC(C(=O)OC)N(C)C1C#Cc1cccc2c1C(N)CO2. The van der Waals surface area contributed by atoms with Crippen LogP contribution in [0, 0.1) is 17.8 Å². The van der Waals surface area contributed by atoms with Crippen LogP contribution in [0.25, 0.3) is 0 Å². The summed E-state index contributed by atoms with van der Waals surface area (Å²) >= 11 is 0. The number of carbonyl (C=O) groups excluding carboxylic acids is 2. The van der Waals surface area contributed by atoms with Gasteiger partial charge in [-0.1, -0.05) is 17.9 Å². The third-order valence-electron chi connectivity index (χ3n) is 4.98. The molecular formula is C19H22N2O5. The third kappa shape index (κ3) is 3.14. The lowest BCUT2D eigenvalue weighted by Crippen LogP contribution is -2.39. The third-order valence-corrected chi connectivity index (χ3v) is 4.98. The van der Waals surface area contributed by atoms with Crippen LogP contribution in [0.2, 0.25) is 0 Å². The van der Waals surface area contributed by atoms with E-state index in [0.29, 0.717) is 13.0 Å². The van der Waals surface area contributed by atoms with E-state index in [-0.39, 0.29) is 18.0 Å². The van der Waals surface area contributed by atoms with E-state index in [1.54, 1.807) is 11.9 Å². The van der Waals surface area contributed by atoms with Crippen molar-refractivity contribution in [2.75, 3.05) is 27.9 Å². The molecule has 1 aromatic rings. The number of hydrogen-bond donors (Lipinski definition) is 1. The fourth-order valence-electron chi connectivity index (χ4n) is 3.57. The number of carbonyl (C=O) groups is 2. The standard InChI is InChI=1S/C19H22N2O5/c1-21-14(12(18(22)24-2)9-15(21)19(23)25-3)8-7-11-5-4-6-16-17(11)13(20)10-26-16/h4-6,12-15H,9-10,20H2,1-3H3. The van der Waals surface area contributed by atoms with Crippen LogP contribution in [0.15, 0.2) is 18.2 Å². The molecule has 2 aliphatic rings. The number of methoxy groups -OCH3 is 2. The van der Waals surface area contributed by atoms with Crippen LogP contribution in [0.5, 0.6) is 5.75 Å². The first-order valence-corrected chi connectivity index (χ1v) is 8.38. The number of nitrogens with two attached hydrogens (primary N) is 1. The highest BCUT2D eigenvalue weighted by molar-refractivity contribution is 5.81. The lowest BCUT2D eigenvalue weighted by molar-refractivity contribution is -0.145. The molecule has 0 aromatic heterocycles. The van der Waals surface area contributed by atoms with Crippen LogP contribution in [0.4, 0.5) is 0 Å². The Morgan fingerprint density at radius 1 is 1.27 bits per heavy atom. The molecule has 0 radical (unpaired) electrons. The Bertz CT molecular complexity index is 782. The molecule has 1 saturated heterocycles. The van der Waals surface area contributed by atoms with Crippen LogP contribution in [-0.2, 0) is 19.1 Å². The quantitative estimate of drug-likeness (QED) is 0.607. The second-order valence-corrected chi connectivity index (χ2v) is 6.42. The van der Waals surface area contributed by atoms with E-state index in [0.717, 1.165) is 16.9 Å². The summed E-state index contributed by atoms with van der Waals surface area (Å²) in [6, 6.07) is 4.38. The Balaban J connectivity index is 1.93. The molecule has 3 rings (SSSR count). The molecule has 7 nitrogen and oxygen atoms in total. The lowest BCUT2D eigenvalue weighted by atomic mass is 9.98. The summed E-state index contributed by atoms with van der Waals surface area (Å²) in [4.78, 5) is 25.9. The predicted octanol–water partition coefficient (Wildman–Crippen LogP) is 0.465. The van der Waals surface area contributed by atoms with Crippen molar-refractivity contribution in [3.05, 3.63) is 29.3 Å². The first-order chi connectivity index (χ1) is 12.5. The number of ether oxygens (including phenoxy) is 3. The second kappa shape index (κ2) is 7.36. The first kappa shape index (κ1) is 18.2. The lowest BCUT2D eigenvalue weighted by Gasteiger charge is -2.21. The minimum atomic E-state index is -0.532. The minimum absolute atomic E-state index is 0.226. The molecule has 26 heavy (non-hydrogen) atoms. The van der Waals surface area contributed by atoms with E-state index in [2.05, 4.69) is 11.8 Å². The highest BCUT2D eigenvalue weighted by atomic mass is 16.5. The molecule has 138 valence electrons. The van der Waals surface area contributed by atoms with Gasteiger partial charge in [0, 0.05) is 11.1 Å². The maximum absolute atomic E-state index is 12.2. The van der Waals surface area contributed by atoms with E-state index in [1.807, 2.05) is 18.2 Å². The fraction of sp³-hybridized carbons (Fsp3) is 0.474. The Labute approximate surface area is 152 Å². The number of esters is 2. The van der Waals surface area contributed by atoms with Gasteiger partial charge in [0.1, 0.15) is 18.4 Å². The van der Waals surface area contributed by atoms with Gasteiger partial charge < -0.3 is 19.9 Å². The number of nitrogens with zero attached hydrogens (tertiary/aromatic N) is 1. The van der Waals surface area contributed by atoms with Crippen LogP contribution in [-0.4, -0.2) is 56.8 Å². The zero-order valence-electron chi connectivity index (χ0n) is 15.0. The molecule has 2 aliphatic heterocycles. The van der Waals surface area contributed by atoms with Crippen molar-refractivity contribution in [2.45, 2.75) is 24.5 Å². The van der Waals surface area contributed by atoms with E-state index in [4.69, 9.17) is 19.9 Å². The molecular weight excluding hydrogens is 336 g/mol. The van der Waals surface area contributed by atoms with Crippen molar-refractivity contribution in [1.29, 1.82) is 0 Å². The average Bonchev–Trinajstić information content (AvgIpc) is 3.19. The Kier molecular flexibility index (Phi) is 5.16. The number of fused-ring (bicyclic) bond motifs is 1. The normalized spacial score (nSPS) is 27.1. The van der Waals surface area contributed by atoms with Crippen molar-refractivity contribution in [3.63, 3.8) is 0 Å². The summed E-state index contributed by atoms with van der Waals surface area (Å²) in [5.74, 6) is 5.69. The van der Waals surface area contributed by atoms with Gasteiger partial charge in [-0.05, 0) is 25.6 Å². The van der Waals surface area contributed by atoms with Gasteiger partial charge in [0.2, 0.25) is 0 Å². The van der Waals surface area contributed by atoms with Crippen molar-refractivity contribution in [1.82, 2.24) is 4.90 Å². The van der Waals surface area contributed by atoms with E-state index in [1.165, 1.54) is 14.2 Å². The van der Waals surface area contributed by atoms with Gasteiger partial charge in [0.25, 0.3) is 0 Å². The Morgan fingerprint density at radius 2 is 2.00 bits per heavy atom. The number of likely N-dealkylation sites (N-methyl/N-ethyl adjacent to an activating group) is 1. The summed E-state index contributed by atoms with van der Waals surface area (Å²) in [5, 5.41) is 0. The molecule has 7 heteroatoms. The highest BCUT2D eigenvalue weighted by Gasteiger charge is 2.46. The maximum Gasteiger partial charge on any atom is 0.323 e. The molecule has 0 bridgehead atoms. The van der Waals surface area contributed by atoms with E-state index in [9.17, 15) is 9.59 Å². The zero-order chi connectivity index (χ0) is 18.8. The molecule has 4 unspecified atom stereocenters. The smallest absolute Gasteiger partial charge is 0.323 e. The van der Waals surface area contributed by atoms with E-state index >= 15 is 0 Å². The Morgan fingerprint density at radius 3 is 2.69 bits per heavy atom. The van der Waals surface area contributed by atoms with Crippen LogP contribution < -0.4 is 10.5 Å². The molecule has 2 heterocycles. The molecule has 0 saturated carbocycles. The monoisotopic (exact) mass is 358 g/mol. The summed E-state index contributed by atoms with van der Waals surface area (Å²) in [6.07, 6.45) is 0.310. The largest absolute Gasteiger partial charge is 0.491 e. The molecule has 0 spiro atoms. The van der Waals surface area contributed by atoms with Crippen molar-refractivity contribution in [2.24, 2.45) is 11.7 Å². The maximum atomic E-state index is 12.2. The van der Waals surface area contributed by atoms with Crippen molar-refractivity contribution < 1.29 is 23.8 Å². The fourth-order valence-corrected chi connectivity index (χ4v) is 3.57. The summed E-state index contributed by atoms with van der Waals surface area (Å²) < 4.78 is 15.3. The molecule has 0 aliphatic carbocycles. The first-order valence-electron chi connectivity index (χ1n) is 8.38. The molecule has 2 N–H and O–H groups in total. The zero-order valence-corrected chi connectivity index (χ0v) is 15.0. The van der Waals surface area contributed by atoms with Gasteiger partial charge in [-0.25, -0.2) is 0 Å². The van der Waals surface area contributed by atoms with Crippen LogP contribution >= 0.6 is 0 Å². The topological polar surface area (TPSA) is 91.1 Å². The molecule has 0 amide bonds. The van der Waals surface area contributed by atoms with Crippen molar-refractivity contribution >= 4 is 11.9 Å². The average molecular weight is 358 g/mol. The highest BCUT2D eigenvalue weighted by Crippen LogP contribution is 2.34. The van der Waals surface area contributed by atoms with Gasteiger partial charge in [0.05, 0.1) is 32.2 Å². The summed E-state index contributed by atoms with van der Waals surface area (Å²) in [7, 11) is 4.42. The van der Waals surface area contributed by atoms with Gasteiger partial charge >= 0.3 is 11.9 Å². The number of rotatable bonds is 2. The van der Waals surface area contributed by atoms with Gasteiger partial charge in [-0.2, -0.15) is 0 Å². The molecule has 1 aromatic carbocycles. The van der Waals surface area contributed by atoms with Crippen LogP contribution in [0.3, 0.4) is 0 Å². The van der Waals surface area contributed by atoms with E-state index < -0.39 is 18.0 Å². The number of benzene rings is 1. The number of likely N-dealkylation sites (tertiary alicyclic amines) is 1. The summed E-state index contributed by atoms with van der Waals surface area (Å²) in [5.41, 5.74) is 7.74. The molecule has 1 fully saturated rings. The molecule has 4 atom stereocenters. The summed E-state index contributed by atoms with van der Waals surface area (Å²) in [6.45, 7) is 0.423. The van der Waals surface area contributed by atoms with Crippen molar-refractivity contribution in [3.8, 4) is 17.6 Å².